The molecule has 0 saturated heterocycles. The number of carbonyl (C=O) groups excluding carboxylic acids is 1. The first-order chi connectivity index (χ1) is 12.1. The summed E-state index contributed by atoms with van der Waals surface area (Å²) in [4.78, 5) is 21.7. The van der Waals surface area contributed by atoms with Crippen LogP contribution in [0, 0.1) is 6.92 Å². The minimum Gasteiger partial charge on any atom is -0.320 e. The summed E-state index contributed by atoms with van der Waals surface area (Å²) in [7, 11) is 0. The molecule has 0 spiro atoms. The molecular formula is C18H17ClN4OS. The van der Waals surface area contributed by atoms with E-state index in [4.69, 9.17) is 11.6 Å². The lowest BCUT2D eigenvalue weighted by molar-refractivity contribution is 0.103. The largest absolute Gasteiger partial charge is 0.320 e. The van der Waals surface area contributed by atoms with E-state index in [1.807, 2.05) is 37.3 Å². The summed E-state index contributed by atoms with van der Waals surface area (Å²) in [5.41, 5.74) is 2.52. The second kappa shape index (κ2) is 7.63. The van der Waals surface area contributed by atoms with Gasteiger partial charge in [-0.05, 0) is 37.1 Å². The van der Waals surface area contributed by atoms with Gasteiger partial charge in [0, 0.05) is 5.69 Å². The number of nitrogens with zero attached hydrogens (tertiary/aromatic N) is 2. The Bertz CT molecular complexity index is 889. The molecule has 0 radical (unpaired) electrons. The van der Waals surface area contributed by atoms with Crippen molar-refractivity contribution < 1.29 is 4.79 Å². The Kier molecular flexibility index (Phi) is 5.31. The van der Waals surface area contributed by atoms with E-state index in [1.54, 1.807) is 6.07 Å². The van der Waals surface area contributed by atoms with Crippen LogP contribution < -0.4 is 10.6 Å². The van der Waals surface area contributed by atoms with Crippen molar-refractivity contribution >= 4 is 45.5 Å². The maximum atomic E-state index is 12.4. The maximum Gasteiger partial charge on any atom is 0.267 e. The molecule has 3 rings (SSSR count). The highest BCUT2D eigenvalue weighted by Crippen LogP contribution is 2.27. The number of hydrogen-bond donors (Lipinski definition) is 2. The topological polar surface area (TPSA) is 66.9 Å². The minimum atomic E-state index is -0.239. The number of para-hydroxylation sites is 1. The molecule has 0 aliphatic heterocycles. The number of aromatic nitrogens is 2. The van der Waals surface area contributed by atoms with Crippen LogP contribution in [0.15, 0.2) is 42.6 Å². The van der Waals surface area contributed by atoms with E-state index in [9.17, 15) is 4.79 Å². The molecule has 128 valence electrons. The molecule has 5 nitrogen and oxygen atoms in total. The van der Waals surface area contributed by atoms with Crippen LogP contribution in [-0.2, 0) is 6.42 Å². The second-order valence-electron chi connectivity index (χ2n) is 5.41. The molecule has 25 heavy (non-hydrogen) atoms. The third-order valence-electron chi connectivity index (χ3n) is 3.59. The Labute approximate surface area is 155 Å². The Morgan fingerprint density at radius 2 is 2.04 bits per heavy atom. The lowest BCUT2D eigenvalue weighted by atomic mass is 10.2. The van der Waals surface area contributed by atoms with Crippen LogP contribution in [0.3, 0.4) is 0 Å². The van der Waals surface area contributed by atoms with Crippen LogP contribution in [0.2, 0.25) is 5.02 Å². The molecule has 2 N–H and O–H groups in total. The lowest BCUT2D eigenvalue weighted by Crippen LogP contribution is -2.11. The lowest BCUT2D eigenvalue weighted by Gasteiger charge is -2.08. The van der Waals surface area contributed by atoms with E-state index >= 15 is 0 Å². The predicted molar refractivity (Wildman–Crippen MR) is 103 cm³/mol. The van der Waals surface area contributed by atoms with Crippen molar-refractivity contribution in [1.29, 1.82) is 0 Å². The Hall–Kier alpha value is -2.44. The van der Waals surface area contributed by atoms with Crippen molar-refractivity contribution in [2.75, 3.05) is 10.6 Å². The third kappa shape index (κ3) is 4.15. The smallest absolute Gasteiger partial charge is 0.267 e. The number of thiazole rings is 1. The van der Waals surface area contributed by atoms with Crippen LogP contribution in [-0.4, -0.2) is 15.9 Å². The minimum absolute atomic E-state index is 0.239. The standard InChI is InChI=1S/C18H17ClN4OS/c1-3-12-7-5-9-15(21-12)22-18-20-10-14(25-18)17(24)23-16-11(2)6-4-8-13(16)19/h4-10H,3H2,1-2H3,(H,23,24)(H,20,21,22). The van der Waals surface area contributed by atoms with E-state index in [0.29, 0.717) is 26.5 Å². The average molecular weight is 373 g/mol. The molecule has 2 heterocycles. The van der Waals surface area contributed by atoms with Gasteiger partial charge in [-0.3, -0.25) is 4.79 Å². The van der Waals surface area contributed by atoms with Gasteiger partial charge in [-0.15, -0.1) is 0 Å². The first kappa shape index (κ1) is 17.4. The van der Waals surface area contributed by atoms with Gasteiger partial charge in [-0.2, -0.15) is 0 Å². The summed E-state index contributed by atoms with van der Waals surface area (Å²) in [5, 5.41) is 7.10. The van der Waals surface area contributed by atoms with Crippen LogP contribution in [0.4, 0.5) is 16.6 Å². The van der Waals surface area contributed by atoms with Crippen LogP contribution in [0.25, 0.3) is 0 Å². The van der Waals surface area contributed by atoms with Crippen molar-refractivity contribution in [2.24, 2.45) is 0 Å². The molecule has 0 aliphatic carbocycles. The number of halogens is 1. The van der Waals surface area contributed by atoms with Gasteiger partial charge in [0.1, 0.15) is 10.7 Å². The Balaban J connectivity index is 1.73. The predicted octanol–water partition coefficient (Wildman–Crippen LogP) is 5.06. The van der Waals surface area contributed by atoms with Gasteiger partial charge in [-0.25, -0.2) is 9.97 Å². The molecule has 1 amide bonds. The van der Waals surface area contributed by atoms with Crippen molar-refractivity contribution in [3.05, 3.63) is 63.8 Å². The quantitative estimate of drug-likeness (QED) is 0.657. The van der Waals surface area contributed by atoms with Crippen molar-refractivity contribution in [2.45, 2.75) is 20.3 Å². The van der Waals surface area contributed by atoms with Gasteiger partial charge < -0.3 is 10.6 Å². The van der Waals surface area contributed by atoms with E-state index in [1.165, 1.54) is 17.5 Å². The second-order valence-corrected chi connectivity index (χ2v) is 6.85. The molecule has 2 aromatic heterocycles. The number of aryl methyl sites for hydroxylation is 2. The molecular weight excluding hydrogens is 356 g/mol. The van der Waals surface area contributed by atoms with Gasteiger partial charge in [0.05, 0.1) is 16.9 Å². The third-order valence-corrected chi connectivity index (χ3v) is 4.82. The van der Waals surface area contributed by atoms with Gasteiger partial charge in [-0.1, -0.05) is 48.1 Å². The normalized spacial score (nSPS) is 10.5. The highest BCUT2D eigenvalue weighted by molar-refractivity contribution is 7.17. The van der Waals surface area contributed by atoms with Crippen LogP contribution >= 0.6 is 22.9 Å². The zero-order chi connectivity index (χ0) is 17.8. The SMILES string of the molecule is CCc1cccc(Nc2ncc(C(=O)Nc3c(C)cccc3Cl)s2)n1. The van der Waals surface area contributed by atoms with Crippen LogP contribution in [0.1, 0.15) is 27.9 Å². The number of pyridine rings is 1. The van der Waals surface area contributed by atoms with E-state index in [2.05, 4.69) is 27.5 Å². The van der Waals surface area contributed by atoms with Gasteiger partial charge >= 0.3 is 0 Å². The summed E-state index contributed by atoms with van der Waals surface area (Å²) in [5.74, 6) is 0.472. The molecule has 0 unspecified atom stereocenters. The van der Waals surface area contributed by atoms with Gasteiger partial charge in [0.25, 0.3) is 5.91 Å². The first-order valence-corrected chi connectivity index (χ1v) is 9.01. The number of carbonyl (C=O) groups is 1. The van der Waals surface area contributed by atoms with Crippen molar-refractivity contribution in [1.82, 2.24) is 9.97 Å². The molecule has 0 atom stereocenters. The average Bonchev–Trinajstić information content (AvgIpc) is 3.07. The monoisotopic (exact) mass is 372 g/mol. The van der Waals surface area contributed by atoms with Gasteiger partial charge in [0.15, 0.2) is 5.13 Å². The summed E-state index contributed by atoms with van der Waals surface area (Å²) >= 11 is 7.42. The summed E-state index contributed by atoms with van der Waals surface area (Å²) < 4.78 is 0. The number of anilines is 3. The molecule has 0 bridgehead atoms. The Morgan fingerprint density at radius 1 is 1.24 bits per heavy atom. The number of amides is 1. The Morgan fingerprint density at radius 3 is 2.80 bits per heavy atom. The maximum absolute atomic E-state index is 12.4. The zero-order valence-electron chi connectivity index (χ0n) is 13.8. The summed E-state index contributed by atoms with van der Waals surface area (Å²) in [6.07, 6.45) is 2.40. The molecule has 0 aliphatic rings. The van der Waals surface area contributed by atoms with E-state index in [-0.39, 0.29) is 5.91 Å². The fourth-order valence-corrected chi connectivity index (χ4v) is 3.25. The first-order valence-electron chi connectivity index (χ1n) is 7.82. The fraction of sp³-hybridized carbons (Fsp3) is 0.167. The van der Waals surface area contributed by atoms with E-state index < -0.39 is 0 Å². The zero-order valence-corrected chi connectivity index (χ0v) is 15.4. The van der Waals surface area contributed by atoms with Crippen LogP contribution in [0.5, 0.6) is 0 Å². The van der Waals surface area contributed by atoms with E-state index in [0.717, 1.165) is 17.7 Å². The molecule has 1 aromatic carbocycles. The van der Waals surface area contributed by atoms with Crippen molar-refractivity contribution in [3.8, 4) is 0 Å². The summed E-state index contributed by atoms with van der Waals surface area (Å²) in [6.45, 7) is 3.95. The molecule has 3 aromatic rings. The number of benzene rings is 1. The number of rotatable bonds is 5. The molecule has 0 fully saturated rings. The fourth-order valence-electron chi connectivity index (χ4n) is 2.26. The number of hydrogen-bond acceptors (Lipinski definition) is 5. The molecule has 0 saturated carbocycles. The van der Waals surface area contributed by atoms with Crippen molar-refractivity contribution in [3.63, 3.8) is 0 Å². The van der Waals surface area contributed by atoms with Gasteiger partial charge in [0.2, 0.25) is 0 Å². The highest BCUT2D eigenvalue weighted by atomic mass is 35.5. The number of nitrogens with one attached hydrogen (secondary N) is 2. The summed E-state index contributed by atoms with van der Waals surface area (Å²) in [6, 6.07) is 11.3. The molecule has 7 heteroatoms. The highest BCUT2D eigenvalue weighted by Gasteiger charge is 2.14.